The van der Waals surface area contributed by atoms with Crippen molar-refractivity contribution in [3.05, 3.63) is 41.0 Å². The van der Waals surface area contributed by atoms with E-state index in [1.807, 2.05) is 12.1 Å². The number of esters is 1. The Kier molecular flexibility index (Phi) is 6.91. The minimum Gasteiger partial charge on any atom is -0.482 e. The van der Waals surface area contributed by atoms with Crippen LogP contribution in [-0.4, -0.2) is 31.1 Å². The average Bonchev–Trinajstić information content (AvgIpc) is 3.15. The van der Waals surface area contributed by atoms with Gasteiger partial charge in [-0.25, -0.2) is 4.79 Å². The summed E-state index contributed by atoms with van der Waals surface area (Å²) in [5.41, 5.74) is 4.06. The maximum absolute atomic E-state index is 12.1. The zero-order valence-electron chi connectivity index (χ0n) is 16.1. The SMILES string of the molecule is C[C@@H](OC(=O)COc1ccc2c(c1)CCC2)C(=O)NCCC1=CCCCC1. The molecule has 0 radical (unpaired) electrons. The van der Waals surface area contributed by atoms with E-state index < -0.39 is 12.1 Å². The lowest BCUT2D eigenvalue weighted by molar-refractivity contribution is -0.156. The lowest BCUT2D eigenvalue weighted by Gasteiger charge is -2.16. The second kappa shape index (κ2) is 9.58. The number of aryl methyl sites for hydroxylation is 2. The molecule has 0 bridgehead atoms. The first-order valence-corrected chi connectivity index (χ1v) is 10.0. The van der Waals surface area contributed by atoms with Crippen LogP contribution in [0.4, 0.5) is 0 Å². The summed E-state index contributed by atoms with van der Waals surface area (Å²) >= 11 is 0. The van der Waals surface area contributed by atoms with E-state index >= 15 is 0 Å². The quantitative estimate of drug-likeness (QED) is 0.561. The standard InChI is InChI=1S/C22H29NO4/c1-16(22(25)23-13-12-17-6-3-2-4-7-17)27-21(24)15-26-20-11-10-18-8-5-9-19(18)14-20/h6,10-11,14,16H,2-5,7-9,12-13,15H2,1H3,(H,23,25)/t16-/m1/s1. The molecular formula is C22H29NO4. The number of ether oxygens (including phenoxy) is 2. The van der Waals surface area contributed by atoms with E-state index in [1.165, 1.54) is 36.0 Å². The molecule has 0 fully saturated rings. The highest BCUT2D eigenvalue weighted by Gasteiger charge is 2.18. The first-order chi connectivity index (χ1) is 13.1. The molecule has 1 aromatic carbocycles. The molecule has 0 aliphatic heterocycles. The summed E-state index contributed by atoms with van der Waals surface area (Å²) in [5, 5.41) is 2.84. The monoisotopic (exact) mass is 371 g/mol. The van der Waals surface area contributed by atoms with Gasteiger partial charge in [-0.2, -0.15) is 0 Å². The van der Waals surface area contributed by atoms with Crippen LogP contribution in [-0.2, 0) is 27.2 Å². The fourth-order valence-corrected chi connectivity index (χ4v) is 3.69. The highest BCUT2D eigenvalue weighted by atomic mass is 16.6. The van der Waals surface area contributed by atoms with Gasteiger partial charge in [0.1, 0.15) is 5.75 Å². The Bertz CT molecular complexity index is 710. The summed E-state index contributed by atoms with van der Waals surface area (Å²) in [6.45, 7) is 1.98. The van der Waals surface area contributed by atoms with Crippen molar-refractivity contribution in [1.82, 2.24) is 5.32 Å². The summed E-state index contributed by atoms with van der Waals surface area (Å²) < 4.78 is 10.7. The van der Waals surface area contributed by atoms with Gasteiger partial charge in [0.05, 0.1) is 0 Å². The Labute approximate surface area is 161 Å². The Hall–Kier alpha value is -2.30. The predicted octanol–water partition coefficient (Wildman–Crippen LogP) is 3.49. The molecule has 1 N–H and O–H groups in total. The molecule has 1 aromatic rings. The minimum absolute atomic E-state index is 0.191. The zero-order chi connectivity index (χ0) is 19.1. The van der Waals surface area contributed by atoms with Crippen LogP contribution in [0.3, 0.4) is 0 Å². The van der Waals surface area contributed by atoms with E-state index in [4.69, 9.17) is 9.47 Å². The number of fused-ring (bicyclic) bond motifs is 1. The lowest BCUT2D eigenvalue weighted by atomic mass is 9.97. The van der Waals surface area contributed by atoms with Crippen LogP contribution in [0.15, 0.2) is 29.8 Å². The lowest BCUT2D eigenvalue weighted by Crippen LogP contribution is -2.37. The smallest absolute Gasteiger partial charge is 0.344 e. The van der Waals surface area contributed by atoms with Crippen molar-refractivity contribution in [2.75, 3.05) is 13.2 Å². The number of benzene rings is 1. The highest BCUT2D eigenvalue weighted by molar-refractivity contribution is 5.83. The molecule has 146 valence electrons. The first kappa shape index (κ1) is 19.5. The van der Waals surface area contributed by atoms with Gasteiger partial charge in [0, 0.05) is 6.54 Å². The second-order valence-corrected chi connectivity index (χ2v) is 7.35. The Balaban J connectivity index is 1.35. The van der Waals surface area contributed by atoms with Crippen molar-refractivity contribution in [2.45, 2.75) is 64.4 Å². The van der Waals surface area contributed by atoms with Crippen molar-refractivity contribution < 1.29 is 19.1 Å². The Morgan fingerprint density at radius 2 is 1.96 bits per heavy atom. The number of amides is 1. The van der Waals surface area contributed by atoms with Crippen LogP contribution < -0.4 is 10.1 Å². The Morgan fingerprint density at radius 1 is 1.11 bits per heavy atom. The molecule has 3 rings (SSSR count). The van der Waals surface area contributed by atoms with E-state index in [0.29, 0.717) is 12.3 Å². The normalized spacial score (nSPS) is 16.9. The summed E-state index contributed by atoms with van der Waals surface area (Å²) in [6.07, 6.45) is 10.4. The number of hydrogen-bond donors (Lipinski definition) is 1. The van der Waals surface area contributed by atoms with Crippen LogP contribution in [0.25, 0.3) is 0 Å². The van der Waals surface area contributed by atoms with Gasteiger partial charge >= 0.3 is 5.97 Å². The van der Waals surface area contributed by atoms with Crippen LogP contribution in [0.2, 0.25) is 0 Å². The molecule has 2 aliphatic rings. The molecule has 0 saturated heterocycles. The third-order valence-corrected chi connectivity index (χ3v) is 5.23. The Morgan fingerprint density at radius 3 is 2.78 bits per heavy atom. The topological polar surface area (TPSA) is 64.6 Å². The second-order valence-electron chi connectivity index (χ2n) is 7.35. The van der Waals surface area contributed by atoms with Gasteiger partial charge in [-0.3, -0.25) is 4.79 Å². The van der Waals surface area contributed by atoms with Crippen molar-refractivity contribution >= 4 is 11.9 Å². The van der Waals surface area contributed by atoms with Crippen LogP contribution in [0, 0.1) is 0 Å². The molecule has 0 unspecified atom stereocenters. The summed E-state index contributed by atoms with van der Waals surface area (Å²) in [6, 6.07) is 5.93. The van der Waals surface area contributed by atoms with E-state index in [-0.39, 0.29) is 12.5 Å². The van der Waals surface area contributed by atoms with E-state index in [0.717, 1.165) is 32.1 Å². The fraction of sp³-hybridized carbons (Fsp3) is 0.545. The van der Waals surface area contributed by atoms with Gasteiger partial charge in [-0.05, 0) is 81.5 Å². The summed E-state index contributed by atoms with van der Waals surface area (Å²) in [7, 11) is 0. The molecule has 5 nitrogen and oxygen atoms in total. The third-order valence-electron chi connectivity index (χ3n) is 5.23. The van der Waals surface area contributed by atoms with Crippen molar-refractivity contribution in [3.8, 4) is 5.75 Å². The van der Waals surface area contributed by atoms with Crippen molar-refractivity contribution in [3.63, 3.8) is 0 Å². The molecule has 1 amide bonds. The molecule has 27 heavy (non-hydrogen) atoms. The molecular weight excluding hydrogens is 342 g/mol. The van der Waals surface area contributed by atoms with Gasteiger partial charge in [-0.1, -0.05) is 17.7 Å². The van der Waals surface area contributed by atoms with Gasteiger partial charge in [-0.15, -0.1) is 0 Å². The largest absolute Gasteiger partial charge is 0.482 e. The molecule has 0 heterocycles. The highest BCUT2D eigenvalue weighted by Crippen LogP contribution is 2.26. The summed E-state index contributed by atoms with van der Waals surface area (Å²) in [4.78, 5) is 24.0. The molecule has 0 saturated carbocycles. The average molecular weight is 371 g/mol. The van der Waals surface area contributed by atoms with Crippen molar-refractivity contribution in [1.29, 1.82) is 0 Å². The van der Waals surface area contributed by atoms with Crippen LogP contribution >= 0.6 is 0 Å². The maximum Gasteiger partial charge on any atom is 0.344 e. The number of nitrogens with one attached hydrogen (secondary N) is 1. The molecule has 2 aliphatic carbocycles. The van der Waals surface area contributed by atoms with Crippen LogP contribution in [0.1, 0.15) is 56.6 Å². The molecule has 0 spiro atoms. The van der Waals surface area contributed by atoms with E-state index in [1.54, 1.807) is 6.92 Å². The number of carbonyl (C=O) groups is 2. The fourth-order valence-electron chi connectivity index (χ4n) is 3.69. The maximum atomic E-state index is 12.1. The van der Waals surface area contributed by atoms with Gasteiger partial charge in [0.15, 0.2) is 12.7 Å². The number of carbonyl (C=O) groups excluding carboxylic acids is 2. The molecule has 5 heteroatoms. The number of rotatable bonds is 8. The predicted molar refractivity (Wildman–Crippen MR) is 104 cm³/mol. The summed E-state index contributed by atoms with van der Waals surface area (Å²) in [5.74, 6) is -0.129. The molecule has 0 aromatic heterocycles. The zero-order valence-corrected chi connectivity index (χ0v) is 16.1. The minimum atomic E-state index is -0.818. The van der Waals surface area contributed by atoms with E-state index in [2.05, 4.69) is 17.5 Å². The number of allylic oxidation sites excluding steroid dienone is 1. The number of hydrogen-bond acceptors (Lipinski definition) is 4. The van der Waals surface area contributed by atoms with Gasteiger partial charge in [0.25, 0.3) is 5.91 Å². The van der Waals surface area contributed by atoms with Crippen molar-refractivity contribution in [2.24, 2.45) is 0 Å². The first-order valence-electron chi connectivity index (χ1n) is 10.0. The van der Waals surface area contributed by atoms with E-state index in [9.17, 15) is 9.59 Å². The van der Waals surface area contributed by atoms with Gasteiger partial charge < -0.3 is 14.8 Å². The third kappa shape index (κ3) is 5.84. The molecule has 1 atom stereocenters. The van der Waals surface area contributed by atoms with Gasteiger partial charge in [0.2, 0.25) is 0 Å². The van der Waals surface area contributed by atoms with Crippen LogP contribution in [0.5, 0.6) is 5.75 Å².